The van der Waals surface area contributed by atoms with Crippen molar-refractivity contribution >= 4 is 17.5 Å². The van der Waals surface area contributed by atoms with E-state index in [0.717, 1.165) is 25.1 Å². The number of carbonyl (C=O) groups is 2. The van der Waals surface area contributed by atoms with E-state index in [2.05, 4.69) is 42.3 Å². The number of benzene rings is 2. The number of ether oxygens (including phenoxy) is 1. The van der Waals surface area contributed by atoms with Crippen LogP contribution < -0.4 is 15.0 Å². The van der Waals surface area contributed by atoms with Crippen molar-refractivity contribution in [3.8, 4) is 5.75 Å². The molecule has 0 bridgehead atoms. The van der Waals surface area contributed by atoms with Gasteiger partial charge in [0.15, 0.2) is 0 Å². The SMILES string of the molecule is COc1cc(C2CCNC2=O)ccc1C(=O)N1CCN(c2ccc(C)cc2C)CC1. The van der Waals surface area contributed by atoms with E-state index in [1.807, 2.05) is 17.0 Å². The number of amides is 2. The van der Waals surface area contributed by atoms with Crippen LogP contribution in [-0.4, -0.2) is 56.5 Å². The quantitative estimate of drug-likeness (QED) is 0.847. The summed E-state index contributed by atoms with van der Waals surface area (Å²) >= 11 is 0. The molecule has 1 atom stereocenters. The van der Waals surface area contributed by atoms with Gasteiger partial charge in [0.05, 0.1) is 18.6 Å². The lowest BCUT2D eigenvalue weighted by Gasteiger charge is -2.37. The standard InChI is InChI=1S/C24H29N3O3/c1-16-4-7-21(17(2)14-16)26-10-12-27(13-11-26)24(29)20-6-5-18(15-22(20)30-3)19-8-9-25-23(19)28/h4-7,14-15,19H,8-13H2,1-3H3,(H,25,28). The van der Waals surface area contributed by atoms with Gasteiger partial charge in [-0.2, -0.15) is 0 Å². The zero-order chi connectivity index (χ0) is 21.3. The molecule has 0 aromatic heterocycles. The van der Waals surface area contributed by atoms with E-state index in [1.165, 1.54) is 16.8 Å². The van der Waals surface area contributed by atoms with Gasteiger partial charge in [0, 0.05) is 38.4 Å². The Morgan fingerprint density at radius 3 is 2.47 bits per heavy atom. The monoisotopic (exact) mass is 407 g/mol. The number of anilines is 1. The summed E-state index contributed by atoms with van der Waals surface area (Å²) in [6.45, 7) is 7.88. The molecule has 2 amide bonds. The van der Waals surface area contributed by atoms with Crippen molar-refractivity contribution in [2.24, 2.45) is 0 Å². The zero-order valence-electron chi connectivity index (χ0n) is 17.9. The third kappa shape index (κ3) is 3.86. The molecule has 4 rings (SSSR count). The van der Waals surface area contributed by atoms with Crippen molar-refractivity contribution in [1.29, 1.82) is 0 Å². The van der Waals surface area contributed by atoms with Gasteiger partial charge in [-0.1, -0.05) is 23.8 Å². The van der Waals surface area contributed by atoms with Crippen LogP contribution in [0.2, 0.25) is 0 Å². The van der Waals surface area contributed by atoms with E-state index in [4.69, 9.17) is 4.74 Å². The molecule has 2 aliphatic heterocycles. The summed E-state index contributed by atoms with van der Waals surface area (Å²) in [4.78, 5) is 29.4. The maximum absolute atomic E-state index is 13.2. The summed E-state index contributed by atoms with van der Waals surface area (Å²) in [6.07, 6.45) is 0.773. The molecule has 2 heterocycles. The van der Waals surface area contributed by atoms with E-state index >= 15 is 0 Å². The number of carbonyl (C=O) groups excluding carboxylic acids is 2. The van der Waals surface area contributed by atoms with Gasteiger partial charge in [-0.05, 0) is 49.6 Å². The lowest BCUT2D eigenvalue weighted by molar-refractivity contribution is -0.120. The minimum absolute atomic E-state index is 0.0189. The highest BCUT2D eigenvalue weighted by Gasteiger charge is 2.29. The summed E-state index contributed by atoms with van der Waals surface area (Å²) < 4.78 is 5.52. The molecule has 2 saturated heterocycles. The van der Waals surface area contributed by atoms with Crippen molar-refractivity contribution < 1.29 is 14.3 Å². The minimum atomic E-state index is -0.163. The van der Waals surface area contributed by atoms with Crippen LogP contribution in [0.3, 0.4) is 0 Å². The Bertz CT molecular complexity index is 964. The maximum atomic E-state index is 13.2. The highest BCUT2D eigenvalue weighted by Crippen LogP contribution is 2.30. The molecule has 6 heteroatoms. The fourth-order valence-electron chi connectivity index (χ4n) is 4.49. The molecule has 2 aromatic rings. The first-order valence-electron chi connectivity index (χ1n) is 10.5. The number of hydrogen-bond acceptors (Lipinski definition) is 4. The van der Waals surface area contributed by atoms with Crippen molar-refractivity contribution in [1.82, 2.24) is 10.2 Å². The fraction of sp³-hybridized carbons (Fsp3) is 0.417. The molecule has 2 aromatic carbocycles. The molecule has 6 nitrogen and oxygen atoms in total. The second-order valence-corrected chi connectivity index (χ2v) is 8.16. The molecule has 2 fully saturated rings. The Hall–Kier alpha value is -3.02. The average molecular weight is 408 g/mol. The average Bonchev–Trinajstić information content (AvgIpc) is 3.19. The number of rotatable bonds is 4. The van der Waals surface area contributed by atoms with E-state index in [9.17, 15) is 9.59 Å². The van der Waals surface area contributed by atoms with Gasteiger partial charge < -0.3 is 19.9 Å². The van der Waals surface area contributed by atoms with E-state index < -0.39 is 0 Å². The van der Waals surface area contributed by atoms with Crippen LogP contribution in [0.1, 0.15) is 39.4 Å². The third-order valence-electron chi connectivity index (χ3n) is 6.17. The van der Waals surface area contributed by atoms with Gasteiger partial charge in [-0.3, -0.25) is 9.59 Å². The maximum Gasteiger partial charge on any atom is 0.257 e. The molecule has 0 saturated carbocycles. The Morgan fingerprint density at radius 1 is 1.07 bits per heavy atom. The van der Waals surface area contributed by atoms with Crippen LogP contribution in [-0.2, 0) is 4.79 Å². The highest BCUT2D eigenvalue weighted by molar-refractivity contribution is 5.97. The largest absolute Gasteiger partial charge is 0.496 e. The van der Waals surface area contributed by atoms with E-state index in [0.29, 0.717) is 30.9 Å². The lowest BCUT2D eigenvalue weighted by atomic mass is 9.96. The minimum Gasteiger partial charge on any atom is -0.496 e. The van der Waals surface area contributed by atoms with Gasteiger partial charge in [0.25, 0.3) is 5.91 Å². The van der Waals surface area contributed by atoms with E-state index in [-0.39, 0.29) is 17.7 Å². The second kappa shape index (κ2) is 8.38. The first-order valence-corrected chi connectivity index (χ1v) is 10.5. The molecule has 30 heavy (non-hydrogen) atoms. The first-order chi connectivity index (χ1) is 14.5. The van der Waals surface area contributed by atoms with Crippen LogP contribution in [0.15, 0.2) is 36.4 Å². The Balaban J connectivity index is 1.46. The van der Waals surface area contributed by atoms with Gasteiger partial charge in [-0.15, -0.1) is 0 Å². The van der Waals surface area contributed by atoms with Crippen LogP contribution in [0, 0.1) is 13.8 Å². The Morgan fingerprint density at radius 2 is 1.83 bits per heavy atom. The van der Waals surface area contributed by atoms with Gasteiger partial charge in [0.2, 0.25) is 5.91 Å². The molecular formula is C24H29N3O3. The summed E-state index contributed by atoms with van der Waals surface area (Å²) in [5.74, 6) is 0.395. The zero-order valence-corrected chi connectivity index (χ0v) is 17.9. The summed E-state index contributed by atoms with van der Waals surface area (Å²) in [7, 11) is 1.57. The van der Waals surface area contributed by atoms with Crippen LogP contribution in [0.4, 0.5) is 5.69 Å². The normalized spacial score (nSPS) is 19.0. The number of aryl methyl sites for hydroxylation is 2. The van der Waals surface area contributed by atoms with Crippen molar-refractivity contribution in [3.63, 3.8) is 0 Å². The topological polar surface area (TPSA) is 61.9 Å². The number of methoxy groups -OCH3 is 1. The summed E-state index contributed by atoms with van der Waals surface area (Å²) in [5.41, 5.74) is 5.22. The van der Waals surface area contributed by atoms with Gasteiger partial charge >= 0.3 is 0 Å². The molecule has 0 aliphatic carbocycles. The molecule has 2 aliphatic rings. The van der Waals surface area contributed by atoms with Crippen molar-refractivity contribution in [3.05, 3.63) is 58.7 Å². The van der Waals surface area contributed by atoms with Crippen LogP contribution in [0.25, 0.3) is 0 Å². The van der Waals surface area contributed by atoms with Crippen molar-refractivity contribution in [2.45, 2.75) is 26.2 Å². The van der Waals surface area contributed by atoms with Gasteiger partial charge in [-0.25, -0.2) is 0 Å². The molecule has 0 spiro atoms. The number of piperazine rings is 1. The Kier molecular flexibility index (Phi) is 5.66. The number of nitrogens with one attached hydrogen (secondary N) is 1. The Labute approximate surface area is 177 Å². The van der Waals surface area contributed by atoms with Gasteiger partial charge in [0.1, 0.15) is 5.75 Å². The number of hydrogen-bond donors (Lipinski definition) is 1. The van der Waals surface area contributed by atoms with Crippen molar-refractivity contribution in [2.75, 3.05) is 44.7 Å². The fourth-order valence-corrected chi connectivity index (χ4v) is 4.49. The smallest absolute Gasteiger partial charge is 0.257 e. The summed E-state index contributed by atoms with van der Waals surface area (Å²) in [5, 5.41) is 2.86. The van der Waals surface area contributed by atoms with E-state index in [1.54, 1.807) is 13.2 Å². The molecule has 1 unspecified atom stereocenters. The molecule has 1 N–H and O–H groups in total. The predicted octanol–water partition coefficient (Wildman–Crippen LogP) is 2.88. The number of nitrogens with zero attached hydrogens (tertiary/aromatic N) is 2. The summed E-state index contributed by atoms with van der Waals surface area (Å²) in [6, 6.07) is 12.0. The second-order valence-electron chi connectivity index (χ2n) is 8.16. The van der Waals surface area contributed by atoms with Crippen LogP contribution in [0.5, 0.6) is 5.75 Å². The van der Waals surface area contributed by atoms with Crippen LogP contribution >= 0.6 is 0 Å². The lowest BCUT2D eigenvalue weighted by Crippen LogP contribution is -2.49. The highest BCUT2D eigenvalue weighted by atomic mass is 16.5. The first kappa shape index (κ1) is 20.3. The molecule has 0 radical (unpaired) electrons. The molecular weight excluding hydrogens is 378 g/mol. The predicted molar refractivity (Wildman–Crippen MR) is 117 cm³/mol. The molecule has 158 valence electrons. The third-order valence-corrected chi connectivity index (χ3v) is 6.17.